The van der Waals surface area contributed by atoms with Gasteiger partial charge in [-0.25, -0.2) is 18.7 Å². The molecule has 0 radical (unpaired) electrons. The molecule has 0 N–H and O–H groups in total. The second-order valence-electron chi connectivity index (χ2n) is 12.1. The summed E-state index contributed by atoms with van der Waals surface area (Å²) in [6, 6.07) is 11.8. The van der Waals surface area contributed by atoms with E-state index in [0.717, 1.165) is 25.1 Å². The summed E-state index contributed by atoms with van der Waals surface area (Å²) < 4.78 is 22.1. The number of fused-ring (bicyclic) bond motifs is 2. The number of nitrogens with zero attached hydrogens (tertiary/aromatic N) is 5. The van der Waals surface area contributed by atoms with Gasteiger partial charge in [0.1, 0.15) is 11.5 Å². The third-order valence-electron chi connectivity index (χ3n) is 9.87. The van der Waals surface area contributed by atoms with E-state index in [0.29, 0.717) is 45.8 Å². The van der Waals surface area contributed by atoms with Crippen molar-refractivity contribution in [1.82, 2.24) is 24.5 Å². The van der Waals surface area contributed by atoms with E-state index in [9.17, 15) is 9.59 Å². The van der Waals surface area contributed by atoms with Crippen LogP contribution in [0.5, 0.6) is 0 Å². The van der Waals surface area contributed by atoms with Crippen LogP contribution >= 0.6 is 0 Å². The molecule has 9 heteroatoms. The minimum atomic E-state index is -0.458. The van der Waals surface area contributed by atoms with Crippen molar-refractivity contribution in [3.05, 3.63) is 71.4 Å². The second-order valence-corrected chi connectivity index (χ2v) is 12.1. The van der Waals surface area contributed by atoms with Gasteiger partial charge in [-0.1, -0.05) is 33.3 Å². The van der Waals surface area contributed by atoms with Crippen LogP contribution in [0.25, 0.3) is 28.2 Å². The normalized spacial score (nSPS) is 23.4. The largest absolute Gasteiger partial charge is 0.462 e. The van der Waals surface area contributed by atoms with Gasteiger partial charge in [-0.05, 0) is 74.3 Å². The number of ether oxygens (including phenoxy) is 1. The minimum absolute atomic E-state index is 0.0590. The van der Waals surface area contributed by atoms with Gasteiger partial charge in [0.15, 0.2) is 5.65 Å². The highest BCUT2D eigenvalue weighted by Crippen LogP contribution is 2.60. The maximum atomic E-state index is 15.4. The van der Waals surface area contributed by atoms with Crippen LogP contribution in [0.15, 0.2) is 48.7 Å². The number of carbonyl (C=O) groups excluding carboxylic acids is 2. The zero-order valence-electron chi connectivity index (χ0n) is 24.8. The number of pyridine rings is 1. The Balaban J connectivity index is 1.29. The molecule has 1 aromatic carbocycles. The van der Waals surface area contributed by atoms with E-state index in [4.69, 9.17) is 9.72 Å². The molecule has 1 amide bonds. The number of likely N-dealkylation sites (tertiary alicyclic amines) is 1. The molecule has 218 valence electrons. The number of benzene rings is 1. The summed E-state index contributed by atoms with van der Waals surface area (Å²) in [6.07, 6.45) is 5.54. The molecule has 0 spiro atoms. The molecule has 1 saturated heterocycles. The van der Waals surface area contributed by atoms with Gasteiger partial charge in [0.2, 0.25) is 0 Å². The number of hydrogen-bond donors (Lipinski definition) is 0. The Morgan fingerprint density at radius 1 is 1.07 bits per heavy atom. The molecule has 1 aliphatic heterocycles. The molecule has 3 atom stereocenters. The van der Waals surface area contributed by atoms with Gasteiger partial charge in [-0.2, -0.15) is 5.10 Å². The Bertz CT molecular complexity index is 1700. The lowest BCUT2D eigenvalue weighted by Gasteiger charge is -2.36. The molecule has 2 fully saturated rings. The smallest absolute Gasteiger partial charge is 0.339 e. The van der Waals surface area contributed by atoms with Crippen molar-refractivity contribution in [2.45, 2.75) is 66.3 Å². The predicted molar refractivity (Wildman–Crippen MR) is 158 cm³/mol. The van der Waals surface area contributed by atoms with E-state index in [1.54, 1.807) is 41.8 Å². The van der Waals surface area contributed by atoms with Crippen LogP contribution in [0.1, 0.15) is 80.4 Å². The Labute approximate surface area is 244 Å². The van der Waals surface area contributed by atoms with E-state index in [2.05, 4.69) is 30.9 Å². The van der Waals surface area contributed by atoms with Crippen LogP contribution in [0, 0.1) is 16.6 Å². The molecule has 4 heterocycles. The fourth-order valence-electron chi connectivity index (χ4n) is 6.97. The molecule has 8 nitrogen and oxygen atoms in total. The van der Waals surface area contributed by atoms with Gasteiger partial charge in [0.25, 0.3) is 5.91 Å². The zero-order chi connectivity index (χ0) is 29.8. The number of aromatic nitrogens is 4. The first-order chi connectivity index (χ1) is 20.1. The molecule has 0 bridgehead atoms. The number of esters is 1. The van der Waals surface area contributed by atoms with E-state index in [-0.39, 0.29) is 29.4 Å². The van der Waals surface area contributed by atoms with Crippen molar-refractivity contribution in [2.75, 3.05) is 13.2 Å². The lowest BCUT2D eigenvalue weighted by atomic mass is 9.68. The van der Waals surface area contributed by atoms with Crippen LogP contribution in [0.2, 0.25) is 0 Å². The van der Waals surface area contributed by atoms with Crippen molar-refractivity contribution in [2.24, 2.45) is 10.8 Å². The van der Waals surface area contributed by atoms with Gasteiger partial charge < -0.3 is 9.64 Å². The Kier molecular flexibility index (Phi) is 6.86. The summed E-state index contributed by atoms with van der Waals surface area (Å²) in [4.78, 5) is 36.8. The Morgan fingerprint density at radius 3 is 2.55 bits per heavy atom. The van der Waals surface area contributed by atoms with Crippen LogP contribution in [0.4, 0.5) is 4.39 Å². The fraction of sp³-hybridized carbons (Fsp3) is 0.424. The number of hydrogen-bond acceptors (Lipinski definition) is 6. The molecular formula is C33H36FN5O3. The maximum absolute atomic E-state index is 15.4. The summed E-state index contributed by atoms with van der Waals surface area (Å²) in [6.45, 7) is 11.6. The van der Waals surface area contributed by atoms with Gasteiger partial charge in [0.05, 0.1) is 23.6 Å². The summed E-state index contributed by atoms with van der Waals surface area (Å²) in [5.74, 6) is -0.965. The van der Waals surface area contributed by atoms with Crippen molar-refractivity contribution in [3.8, 4) is 22.5 Å². The standard InChI is InChI=1S/C33H36FN5O3/c1-6-23-16-28(30(40)38-19-32(4)13-8-14-33(32,5)20(38)3)36-29-17-27(37-39(23)29)24-11-9-21(15-25(24)34)26-12-10-22(18-35-26)31(41)42-7-2/h9-12,15-18,20H,6-8,13-14,19H2,1-5H3/t20-,32+,33-/m1/s1. The third-order valence-corrected chi connectivity index (χ3v) is 9.87. The Hall–Kier alpha value is -4.14. The zero-order valence-corrected chi connectivity index (χ0v) is 24.8. The highest BCUT2D eigenvalue weighted by molar-refractivity contribution is 5.93. The molecule has 2 aliphatic rings. The minimum Gasteiger partial charge on any atom is -0.462 e. The number of carbonyl (C=O) groups is 2. The first-order valence-electron chi connectivity index (χ1n) is 14.7. The van der Waals surface area contributed by atoms with Crippen molar-refractivity contribution in [3.63, 3.8) is 0 Å². The van der Waals surface area contributed by atoms with Crippen LogP contribution < -0.4 is 0 Å². The molecule has 4 aromatic rings. The van der Waals surface area contributed by atoms with Crippen molar-refractivity contribution < 1.29 is 18.7 Å². The molecule has 3 aromatic heterocycles. The molecule has 42 heavy (non-hydrogen) atoms. The molecular weight excluding hydrogens is 533 g/mol. The van der Waals surface area contributed by atoms with Gasteiger partial charge in [-0.3, -0.25) is 9.78 Å². The fourth-order valence-corrected chi connectivity index (χ4v) is 6.97. The summed E-state index contributed by atoms with van der Waals surface area (Å²) in [5, 5.41) is 4.67. The van der Waals surface area contributed by atoms with Gasteiger partial charge in [-0.15, -0.1) is 0 Å². The van der Waals surface area contributed by atoms with Crippen LogP contribution in [0.3, 0.4) is 0 Å². The second kappa shape index (κ2) is 10.3. The molecule has 1 aliphatic carbocycles. The first kappa shape index (κ1) is 28.0. The SMILES string of the molecule is CCOC(=O)c1ccc(-c2ccc(-c3cc4nc(C(=O)N5C[C@]6(C)CCC[C@]6(C)[C@H]5C)cc(CC)n4n3)c(F)c2)nc1. The first-order valence-corrected chi connectivity index (χ1v) is 14.7. The number of amides is 1. The quantitative estimate of drug-likeness (QED) is 0.251. The highest BCUT2D eigenvalue weighted by Gasteiger charge is 2.59. The lowest BCUT2D eigenvalue weighted by molar-refractivity contribution is 0.0525. The number of aryl methyl sites for hydroxylation is 1. The van der Waals surface area contributed by atoms with Crippen LogP contribution in [-0.4, -0.2) is 55.6 Å². The summed E-state index contributed by atoms with van der Waals surface area (Å²) >= 11 is 0. The average molecular weight is 570 g/mol. The molecule has 1 saturated carbocycles. The third kappa shape index (κ3) is 4.37. The molecule has 0 unspecified atom stereocenters. The van der Waals surface area contributed by atoms with Crippen LogP contribution in [-0.2, 0) is 11.2 Å². The van der Waals surface area contributed by atoms with E-state index in [1.165, 1.54) is 18.7 Å². The maximum Gasteiger partial charge on any atom is 0.339 e. The molecule has 6 rings (SSSR count). The summed E-state index contributed by atoms with van der Waals surface area (Å²) in [5.41, 5.74) is 4.16. The average Bonchev–Trinajstić information content (AvgIpc) is 3.60. The summed E-state index contributed by atoms with van der Waals surface area (Å²) in [7, 11) is 0. The number of rotatable bonds is 6. The highest BCUT2D eigenvalue weighted by atomic mass is 19.1. The number of halogens is 1. The van der Waals surface area contributed by atoms with Crippen molar-refractivity contribution >= 4 is 17.5 Å². The Morgan fingerprint density at radius 2 is 1.88 bits per heavy atom. The lowest BCUT2D eigenvalue weighted by Crippen LogP contribution is -2.40. The monoisotopic (exact) mass is 569 g/mol. The van der Waals surface area contributed by atoms with E-state index < -0.39 is 11.8 Å². The van der Waals surface area contributed by atoms with Gasteiger partial charge in [0, 0.05) is 41.7 Å². The van der Waals surface area contributed by atoms with Gasteiger partial charge >= 0.3 is 5.97 Å². The van der Waals surface area contributed by atoms with E-state index >= 15 is 4.39 Å². The van der Waals surface area contributed by atoms with E-state index in [1.807, 2.05) is 17.9 Å². The predicted octanol–water partition coefficient (Wildman–Crippen LogP) is 6.38. The topological polar surface area (TPSA) is 89.7 Å². The van der Waals surface area contributed by atoms with Crippen molar-refractivity contribution in [1.29, 1.82) is 0 Å².